The van der Waals surface area contributed by atoms with Crippen LogP contribution in [0, 0.1) is 0 Å². The second-order valence-electron chi connectivity index (χ2n) is 25.3. The Bertz CT molecular complexity index is 3710. The number of thiophene rings is 1. The molecule has 1 saturated carbocycles. The summed E-state index contributed by atoms with van der Waals surface area (Å²) < 4.78 is 2.65. The number of fused-ring (bicyclic) bond motifs is 11. The number of benzene rings is 8. The highest BCUT2D eigenvalue weighted by Crippen LogP contribution is 2.62. The van der Waals surface area contributed by atoms with Crippen molar-refractivity contribution in [1.82, 2.24) is 0 Å². The Hall–Kier alpha value is -6.56. The summed E-state index contributed by atoms with van der Waals surface area (Å²) in [6, 6.07) is 64.1. The Balaban J connectivity index is 1.22. The maximum atomic E-state index is 2.81. The van der Waals surface area contributed by atoms with Crippen molar-refractivity contribution < 1.29 is 0 Å². The zero-order valence-electron chi connectivity index (χ0n) is 44.7. The van der Waals surface area contributed by atoms with Crippen LogP contribution >= 0.6 is 11.3 Å². The van der Waals surface area contributed by atoms with E-state index in [0.717, 1.165) is 6.42 Å². The molecule has 2 atom stereocenters. The minimum Gasteiger partial charge on any atom is -0.334 e. The fourth-order valence-corrected chi connectivity index (χ4v) is 14.9. The number of anilines is 8. The van der Waals surface area contributed by atoms with Crippen LogP contribution in [0.1, 0.15) is 124 Å². The van der Waals surface area contributed by atoms with Crippen molar-refractivity contribution in [3.8, 4) is 11.1 Å². The van der Waals surface area contributed by atoms with Crippen molar-refractivity contribution in [3.05, 3.63) is 186 Å². The number of nitrogens with zero attached hydrogens (tertiary/aromatic N) is 3. The lowest BCUT2D eigenvalue weighted by atomic mass is 9.33. The summed E-state index contributed by atoms with van der Waals surface area (Å²) in [5.41, 5.74) is 21.8. The molecule has 13 rings (SSSR count). The third-order valence-corrected chi connectivity index (χ3v) is 19.0. The molecule has 1 fully saturated rings. The first-order valence-electron chi connectivity index (χ1n) is 26.9. The molecule has 0 spiro atoms. The summed E-state index contributed by atoms with van der Waals surface area (Å²) in [7, 11) is 0. The van der Waals surface area contributed by atoms with Crippen molar-refractivity contribution in [3.63, 3.8) is 0 Å². The fraction of sp³-hybridized carbons (Fsp3) is 0.294. The van der Waals surface area contributed by atoms with E-state index in [-0.39, 0.29) is 33.9 Å². The quantitative estimate of drug-likeness (QED) is 0.163. The molecular formula is C68H68BN3S. The van der Waals surface area contributed by atoms with Crippen LogP contribution in [0.3, 0.4) is 0 Å². The molecule has 3 nitrogen and oxygen atoms in total. The van der Waals surface area contributed by atoms with E-state index >= 15 is 0 Å². The summed E-state index contributed by atoms with van der Waals surface area (Å²) in [6.45, 7) is 26.3. The van der Waals surface area contributed by atoms with Crippen molar-refractivity contribution in [2.45, 2.75) is 129 Å². The van der Waals surface area contributed by atoms with Crippen LogP contribution in [0.25, 0.3) is 31.3 Å². The van der Waals surface area contributed by atoms with Crippen molar-refractivity contribution in [1.29, 1.82) is 0 Å². The number of rotatable bonds is 4. The lowest BCUT2D eigenvalue weighted by Gasteiger charge is -2.51. The molecular weight excluding hydrogens is 902 g/mol. The van der Waals surface area contributed by atoms with Crippen LogP contribution in [-0.4, -0.2) is 12.3 Å². The van der Waals surface area contributed by atoms with Gasteiger partial charge in [0, 0.05) is 60.6 Å². The largest absolute Gasteiger partial charge is 0.334 e. The minimum atomic E-state index is -0.141. The maximum absolute atomic E-state index is 2.81. The minimum absolute atomic E-state index is 0.00869. The molecule has 9 aromatic rings. The Morgan fingerprint density at radius 1 is 0.479 bits per heavy atom. The fourth-order valence-electron chi connectivity index (χ4n) is 13.6. The van der Waals surface area contributed by atoms with Gasteiger partial charge >= 0.3 is 0 Å². The van der Waals surface area contributed by atoms with Gasteiger partial charge in [0.2, 0.25) is 0 Å². The summed E-state index contributed by atoms with van der Waals surface area (Å²) in [6.07, 6.45) is 4.77. The van der Waals surface area contributed by atoms with Gasteiger partial charge in [-0.25, -0.2) is 0 Å². The standard InChI is InChI=1S/C68H68BN3S/c1-64(2,3)44-24-21-25-47(38-44)70-57-40-46(66(7,8)9)30-33-53(57)69-54-34-32-50-49-26-15-18-29-60(49)73-63(50)62(54)71(55-35-31-45(65(4,5)6)39-51(55)43-22-13-12-14-23-43)59-42-48(41-58(70)61(59)69)72-56-28-17-16-27-52(56)67(10)36-19-20-37-68(67,72)11/h12-18,21-35,38-42H,19-20,36-37H2,1-11H3. The molecule has 0 radical (unpaired) electrons. The first-order chi connectivity index (χ1) is 34.8. The molecule has 4 heterocycles. The SMILES string of the molecule is CC(C)(C)c1cccc(N2c3cc(C(C)(C)C)ccc3B3c4ccc5c(sc6ccccc65)c4N(c4ccc(C(C)(C)C)cc4-c4ccccc4)c4cc(N5c6ccccc6C6(C)CCCCC56C)cc2c43)c1. The topological polar surface area (TPSA) is 9.72 Å². The van der Waals surface area contributed by atoms with Crippen LogP contribution in [0.4, 0.5) is 45.5 Å². The zero-order chi connectivity index (χ0) is 50.6. The van der Waals surface area contributed by atoms with E-state index in [0.29, 0.717) is 0 Å². The zero-order valence-corrected chi connectivity index (χ0v) is 45.6. The molecule has 1 aliphatic carbocycles. The van der Waals surface area contributed by atoms with Gasteiger partial charge in [0.25, 0.3) is 6.71 Å². The molecule has 0 amide bonds. The first kappa shape index (κ1) is 46.2. The van der Waals surface area contributed by atoms with Crippen LogP contribution in [-0.2, 0) is 21.7 Å². The molecule has 3 aliphatic heterocycles. The van der Waals surface area contributed by atoms with Gasteiger partial charge in [-0.1, -0.05) is 191 Å². The van der Waals surface area contributed by atoms with Gasteiger partial charge in [-0.05, 0) is 135 Å². The molecule has 5 heteroatoms. The molecule has 4 aliphatic rings. The molecule has 0 N–H and O–H groups in total. The van der Waals surface area contributed by atoms with E-state index in [1.54, 1.807) is 0 Å². The Kier molecular flexibility index (Phi) is 10.1. The normalized spacial score (nSPS) is 19.2. The second-order valence-corrected chi connectivity index (χ2v) is 26.4. The van der Waals surface area contributed by atoms with Crippen LogP contribution in [0.2, 0.25) is 0 Å². The van der Waals surface area contributed by atoms with E-state index in [4.69, 9.17) is 0 Å². The van der Waals surface area contributed by atoms with E-state index in [2.05, 4.69) is 255 Å². The average Bonchev–Trinajstić information content (AvgIpc) is 3.86. The van der Waals surface area contributed by atoms with E-state index in [1.165, 1.54) is 135 Å². The second kappa shape index (κ2) is 16.0. The molecule has 2 unspecified atom stereocenters. The van der Waals surface area contributed by atoms with E-state index < -0.39 is 0 Å². The molecule has 73 heavy (non-hydrogen) atoms. The van der Waals surface area contributed by atoms with Gasteiger partial charge < -0.3 is 14.7 Å². The molecule has 0 bridgehead atoms. The molecule has 364 valence electrons. The molecule has 8 aromatic carbocycles. The van der Waals surface area contributed by atoms with Crippen LogP contribution in [0.15, 0.2) is 164 Å². The highest BCUT2D eigenvalue weighted by molar-refractivity contribution is 7.26. The van der Waals surface area contributed by atoms with Gasteiger partial charge in [-0.2, -0.15) is 0 Å². The van der Waals surface area contributed by atoms with Gasteiger partial charge in [0.1, 0.15) is 0 Å². The summed E-state index contributed by atoms with van der Waals surface area (Å²) in [5, 5.41) is 2.63. The third kappa shape index (κ3) is 6.83. The Labute approximate surface area is 438 Å². The van der Waals surface area contributed by atoms with E-state index in [9.17, 15) is 0 Å². The highest BCUT2D eigenvalue weighted by Gasteiger charge is 2.58. The number of hydrogen-bond donors (Lipinski definition) is 0. The third-order valence-electron chi connectivity index (χ3n) is 17.9. The van der Waals surface area contributed by atoms with Crippen LogP contribution in [0.5, 0.6) is 0 Å². The summed E-state index contributed by atoms with van der Waals surface area (Å²) in [4.78, 5) is 8.22. The monoisotopic (exact) mass is 970 g/mol. The smallest absolute Gasteiger partial charge is 0.252 e. The van der Waals surface area contributed by atoms with Gasteiger partial charge in [0.05, 0.1) is 21.6 Å². The van der Waals surface area contributed by atoms with Gasteiger partial charge in [-0.3, -0.25) is 0 Å². The first-order valence-corrected chi connectivity index (χ1v) is 27.7. The summed E-state index contributed by atoms with van der Waals surface area (Å²) in [5.74, 6) is 0. The lowest BCUT2D eigenvalue weighted by molar-refractivity contribution is 0.195. The Morgan fingerprint density at radius 3 is 1.89 bits per heavy atom. The average molecular weight is 970 g/mol. The van der Waals surface area contributed by atoms with E-state index in [1.807, 2.05) is 11.3 Å². The van der Waals surface area contributed by atoms with Crippen molar-refractivity contribution in [2.24, 2.45) is 0 Å². The maximum Gasteiger partial charge on any atom is 0.252 e. The van der Waals surface area contributed by atoms with Gasteiger partial charge in [0.15, 0.2) is 0 Å². The van der Waals surface area contributed by atoms with Crippen LogP contribution < -0.4 is 31.1 Å². The molecule has 1 aromatic heterocycles. The number of para-hydroxylation sites is 1. The van der Waals surface area contributed by atoms with Crippen molar-refractivity contribution >= 4 is 100 Å². The predicted molar refractivity (Wildman–Crippen MR) is 318 cm³/mol. The Morgan fingerprint density at radius 2 is 1.12 bits per heavy atom. The predicted octanol–water partition coefficient (Wildman–Crippen LogP) is 17.4. The number of hydrogen-bond acceptors (Lipinski definition) is 4. The summed E-state index contributed by atoms with van der Waals surface area (Å²) >= 11 is 1.95. The molecule has 0 saturated heterocycles. The van der Waals surface area contributed by atoms with Gasteiger partial charge in [-0.15, -0.1) is 11.3 Å². The lowest BCUT2D eigenvalue weighted by Crippen LogP contribution is -2.61. The van der Waals surface area contributed by atoms with Crippen molar-refractivity contribution in [2.75, 3.05) is 14.7 Å². The highest BCUT2D eigenvalue weighted by atomic mass is 32.1.